The van der Waals surface area contributed by atoms with E-state index in [0.29, 0.717) is 17.9 Å². The topological polar surface area (TPSA) is 76.7 Å². The van der Waals surface area contributed by atoms with Crippen LogP contribution in [0, 0.1) is 0 Å². The van der Waals surface area contributed by atoms with Crippen molar-refractivity contribution in [2.75, 3.05) is 20.3 Å². The van der Waals surface area contributed by atoms with Gasteiger partial charge in [-0.25, -0.2) is 0 Å². The van der Waals surface area contributed by atoms with Crippen molar-refractivity contribution in [1.29, 1.82) is 0 Å². The van der Waals surface area contributed by atoms with Crippen molar-refractivity contribution in [3.05, 3.63) is 29.8 Å². The second-order valence-electron chi connectivity index (χ2n) is 3.37. The lowest BCUT2D eigenvalue weighted by atomic mass is 10.2. The van der Waals surface area contributed by atoms with Crippen LogP contribution in [-0.4, -0.2) is 32.1 Å². The predicted molar refractivity (Wildman–Crippen MR) is 65.1 cm³/mol. The molecule has 0 aliphatic rings. The van der Waals surface area contributed by atoms with Crippen LogP contribution in [0.4, 0.5) is 0 Å². The lowest BCUT2D eigenvalue weighted by molar-refractivity contribution is -0.126. The van der Waals surface area contributed by atoms with Gasteiger partial charge in [0.25, 0.3) is 11.8 Å². The first-order valence-electron chi connectivity index (χ1n) is 5.48. The van der Waals surface area contributed by atoms with Crippen LogP contribution in [0.2, 0.25) is 0 Å². The number of benzene rings is 1. The summed E-state index contributed by atoms with van der Waals surface area (Å²) in [6.45, 7) is 2.14. The van der Waals surface area contributed by atoms with Gasteiger partial charge in [-0.1, -0.05) is 0 Å². The fourth-order valence-corrected chi connectivity index (χ4v) is 1.17. The fourth-order valence-electron chi connectivity index (χ4n) is 1.17. The van der Waals surface area contributed by atoms with Crippen LogP contribution in [0.1, 0.15) is 17.3 Å². The van der Waals surface area contributed by atoms with Gasteiger partial charge in [-0.3, -0.25) is 20.4 Å². The highest BCUT2D eigenvalue weighted by Crippen LogP contribution is 2.10. The molecule has 1 aromatic rings. The molecule has 0 heterocycles. The zero-order chi connectivity index (χ0) is 13.4. The molecule has 0 aromatic heterocycles. The Hall–Kier alpha value is -2.08. The number of amides is 2. The Morgan fingerprint density at radius 2 is 1.83 bits per heavy atom. The molecule has 6 heteroatoms. The maximum atomic E-state index is 11.6. The van der Waals surface area contributed by atoms with Crippen molar-refractivity contribution in [1.82, 2.24) is 10.9 Å². The average Bonchev–Trinajstić information content (AvgIpc) is 2.42. The van der Waals surface area contributed by atoms with E-state index in [4.69, 9.17) is 9.47 Å². The first-order chi connectivity index (χ1) is 8.67. The Balaban J connectivity index is 2.42. The van der Waals surface area contributed by atoms with Gasteiger partial charge >= 0.3 is 0 Å². The van der Waals surface area contributed by atoms with Crippen LogP contribution in [0.3, 0.4) is 0 Å². The van der Waals surface area contributed by atoms with Crippen LogP contribution in [0.15, 0.2) is 24.3 Å². The highest BCUT2D eigenvalue weighted by Gasteiger charge is 2.07. The van der Waals surface area contributed by atoms with E-state index >= 15 is 0 Å². The van der Waals surface area contributed by atoms with Crippen molar-refractivity contribution < 1.29 is 19.1 Å². The Kier molecular flexibility index (Phi) is 5.66. The first-order valence-corrected chi connectivity index (χ1v) is 5.48. The molecule has 0 radical (unpaired) electrons. The van der Waals surface area contributed by atoms with Gasteiger partial charge in [0.05, 0.1) is 7.11 Å². The van der Waals surface area contributed by atoms with Crippen LogP contribution >= 0.6 is 0 Å². The van der Waals surface area contributed by atoms with Crippen molar-refractivity contribution in [2.24, 2.45) is 0 Å². The van der Waals surface area contributed by atoms with Crippen molar-refractivity contribution in [2.45, 2.75) is 6.92 Å². The van der Waals surface area contributed by atoms with Crippen molar-refractivity contribution >= 4 is 11.8 Å². The molecule has 0 aliphatic heterocycles. The summed E-state index contributed by atoms with van der Waals surface area (Å²) in [5.41, 5.74) is 4.96. The molecule has 0 atom stereocenters. The number of hydrogen-bond donors (Lipinski definition) is 2. The summed E-state index contributed by atoms with van der Waals surface area (Å²) < 4.78 is 9.86. The predicted octanol–water partition coefficient (Wildman–Crippen LogP) is 0.493. The monoisotopic (exact) mass is 252 g/mol. The Bertz CT molecular complexity index is 403. The summed E-state index contributed by atoms with van der Waals surface area (Å²) in [4.78, 5) is 22.8. The van der Waals surface area contributed by atoms with Gasteiger partial charge in [0.2, 0.25) is 0 Å². The van der Waals surface area contributed by atoms with E-state index in [1.54, 1.807) is 38.3 Å². The third kappa shape index (κ3) is 4.42. The van der Waals surface area contributed by atoms with Crippen LogP contribution in [0.25, 0.3) is 0 Å². The van der Waals surface area contributed by atoms with E-state index in [1.165, 1.54) is 0 Å². The van der Waals surface area contributed by atoms with E-state index < -0.39 is 11.8 Å². The first kappa shape index (κ1) is 14.0. The largest absolute Gasteiger partial charge is 0.497 e. The van der Waals surface area contributed by atoms with Gasteiger partial charge in [0, 0.05) is 12.2 Å². The molecule has 0 unspecified atom stereocenters. The van der Waals surface area contributed by atoms with Gasteiger partial charge in [-0.15, -0.1) is 0 Å². The third-order valence-electron chi connectivity index (χ3n) is 2.10. The molecule has 0 bridgehead atoms. The standard InChI is InChI=1S/C12H16N2O4/c1-3-18-8-11(15)13-14-12(16)9-4-6-10(17-2)7-5-9/h4-7H,3,8H2,1-2H3,(H,13,15)(H,14,16). The van der Waals surface area contributed by atoms with E-state index in [0.717, 1.165) is 0 Å². The minimum atomic E-state index is -0.404. The summed E-state index contributed by atoms with van der Waals surface area (Å²) in [5.74, 6) is -0.145. The molecular formula is C12H16N2O4. The average molecular weight is 252 g/mol. The molecule has 0 fully saturated rings. The van der Waals surface area contributed by atoms with Gasteiger partial charge in [0.15, 0.2) is 0 Å². The lowest BCUT2D eigenvalue weighted by Crippen LogP contribution is -2.43. The summed E-state index contributed by atoms with van der Waals surface area (Å²) in [6, 6.07) is 6.53. The minimum Gasteiger partial charge on any atom is -0.497 e. The molecule has 18 heavy (non-hydrogen) atoms. The molecule has 6 nitrogen and oxygen atoms in total. The van der Waals surface area contributed by atoms with Gasteiger partial charge in [-0.05, 0) is 31.2 Å². The molecule has 98 valence electrons. The summed E-state index contributed by atoms with van der Waals surface area (Å²) >= 11 is 0. The van der Waals surface area contributed by atoms with Gasteiger partial charge in [-0.2, -0.15) is 0 Å². The summed E-state index contributed by atoms with van der Waals surface area (Å²) in [6.07, 6.45) is 0. The molecule has 2 amide bonds. The molecule has 0 saturated carbocycles. The maximum Gasteiger partial charge on any atom is 0.269 e. The van der Waals surface area contributed by atoms with Crippen molar-refractivity contribution in [3.8, 4) is 5.75 Å². The second-order valence-corrected chi connectivity index (χ2v) is 3.37. The number of methoxy groups -OCH3 is 1. The number of carbonyl (C=O) groups is 2. The van der Waals surface area contributed by atoms with Crippen LogP contribution in [0.5, 0.6) is 5.75 Å². The molecular weight excluding hydrogens is 236 g/mol. The number of ether oxygens (including phenoxy) is 2. The highest BCUT2D eigenvalue weighted by molar-refractivity contribution is 5.95. The molecule has 1 aromatic carbocycles. The molecule has 0 spiro atoms. The second kappa shape index (κ2) is 7.29. The van der Waals surface area contributed by atoms with Crippen LogP contribution < -0.4 is 15.6 Å². The lowest BCUT2D eigenvalue weighted by Gasteiger charge is -2.07. The van der Waals surface area contributed by atoms with E-state index in [9.17, 15) is 9.59 Å². The van der Waals surface area contributed by atoms with E-state index in [-0.39, 0.29) is 6.61 Å². The van der Waals surface area contributed by atoms with E-state index in [1.807, 2.05) is 0 Å². The van der Waals surface area contributed by atoms with Gasteiger partial charge in [0.1, 0.15) is 12.4 Å². The summed E-state index contributed by atoms with van der Waals surface area (Å²) in [7, 11) is 1.54. The van der Waals surface area contributed by atoms with Crippen molar-refractivity contribution in [3.63, 3.8) is 0 Å². The number of hydrogen-bond acceptors (Lipinski definition) is 4. The maximum absolute atomic E-state index is 11.6. The third-order valence-corrected chi connectivity index (χ3v) is 2.10. The molecule has 0 aliphatic carbocycles. The zero-order valence-electron chi connectivity index (χ0n) is 10.4. The number of rotatable bonds is 5. The molecule has 0 saturated heterocycles. The number of hydrazine groups is 1. The Morgan fingerprint density at radius 1 is 1.17 bits per heavy atom. The Labute approximate surface area is 105 Å². The normalized spacial score (nSPS) is 9.67. The number of nitrogens with one attached hydrogen (secondary N) is 2. The molecule has 1 rings (SSSR count). The Morgan fingerprint density at radius 3 is 2.39 bits per heavy atom. The summed E-state index contributed by atoms with van der Waals surface area (Å²) in [5, 5.41) is 0. The number of carbonyl (C=O) groups excluding carboxylic acids is 2. The quantitative estimate of drug-likeness (QED) is 0.748. The van der Waals surface area contributed by atoms with Gasteiger partial charge < -0.3 is 9.47 Å². The van der Waals surface area contributed by atoms with E-state index in [2.05, 4.69) is 10.9 Å². The smallest absolute Gasteiger partial charge is 0.269 e. The zero-order valence-corrected chi connectivity index (χ0v) is 10.4. The van der Waals surface area contributed by atoms with Crippen LogP contribution in [-0.2, 0) is 9.53 Å². The highest BCUT2D eigenvalue weighted by atomic mass is 16.5. The molecule has 2 N–H and O–H groups in total. The minimum absolute atomic E-state index is 0.0839. The SMILES string of the molecule is CCOCC(=O)NNC(=O)c1ccc(OC)cc1. The fraction of sp³-hybridized carbons (Fsp3) is 0.333.